The summed E-state index contributed by atoms with van der Waals surface area (Å²) in [6.07, 6.45) is -2.92. The molecule has 1 aliphatic rings. The molecule has 0 radical (unpaired) electrons. The number of halogens is 1. The summed E-state index contributed by atoms with van der Waals surface area (Å²) in [6, 6.07) is 8.18. The van der Waals surface area contributed by atoms with Crippen molar-refractivity contribution in [1.82, 2.24) is 14.6 Å². The number of carbonyl (C=O) groups is 1. The standard InChI is InChI=1S/C22H29ClN3O9P/c1-13(2)33-19(29)14(3)25-36(31,35-15-8-6-5-7-9-15)32-12-16-18(28)22(4,23)20(34-16)26-11-10-17(27)24-21(26)30/h5-11,13-14,16,18,20,28H,12H2,1-4H3,(H,25,31)(H,24,27,30)/t14-,16+,18+,20+,22+,36-/m0/s1. The Morgan fingerprint density at radius 2 is 1.94 bits per heavy atom. The predicted octanol–water partition coefficient (Wildman–Crippen LogP) is 1.93. The number of para-hydroxylation sites is 1. The van der Waals surface area contributed by atoms with Gasteiger partial charge in [0.05, 0.1) is 12.7 Å². The third-order valence-electron chi connectivity index (χ3n) is 5.26. The monoisotopic (exact) mass is 545 g/mol. The number of nitrogens with zero attached hydrogens (tertiary/aromatic N) is 1. The minimum absolute atomic E-state index is 0.200. The second-order valence-corrected chi connectivity index (χ2v) is 11.2. The van der Waals surface area contributed by atoms with Gasteiger partial charge >= 0.3 is 19.4 Å². The molecule has 2 heterocycles. The largest absolute Gasteiger partial charge is 0.462 e. The van der Waals surface area contributed by atoms with E-state index in [0.29, 0.717) is 0 Å². The number of aliphatic hydroxyl groups is 1. The van der Waals surface area contributed by atoms with Crippen molar-refractivity contribution in [3.63, 3.8) is 0 Å². The van der Waals surface area contributed by atoms with Gasteiger partial charge in [-0.2, -0.15) is 5.09 Å². The Labute approximate surface area is 212 Å². The average Bonchev–Trinajstić information content (AvgIpc) is 3.01. The lowest BCUT2D eigenvalue weighted by atomic mass is 10.0. The summed E-state index contributed by atoms with van der Waals surface area (Å²) in [5, 5.41) is 13.3. The van der Waals surface area contributed by atoms with Crippen LogP contribution in [0.5, 0.6) is 5.75 Å². The number of H-pyrrole nitrogens is 1. The number of hydrogen-bond donors (Lipinski definition) is 3. The molecular weight excluding hydrogens is 517 g/mol. The maximum absolute atomic E-state index is 13.6. The van der Waals surface area contributed by atoms with Gasteiger partial charge in [0.2, 0.25) is 0 Å². The molecule has 1 aromatic heterocycles. The molecule has 1 aliphatic heterocycles. The number of rotatable bonds is 10. The van der Waals surface area contributed by atoms with Gasteiger partial charge in [-0.25, -0.2) is 9.36 Å². The maximum atomic E-state index is 13.6. The van der Waals surface area contributed by atoms with E-state index in [1.165, 1.54) is 20.0 Å². The highest BCUT2D eigenvalue weighted by Crippen LogP contribution is 2.48. The van der Waals surface area contributed by atoms with Crippen LogP contribution in [0.3, 0.4) is 0 Å². The van der Waals surface area contributed by atoms with E-state index in [4.69, 9.17) is 30.1 Å². The molecule has 12 nitrogen and oxygen atoms in total. The van der Waals surface area contributed by atoms with Crippen molar-refractivity contribution in [2.24, 2.45) is 0 Å². The van der Waals surface area contributed by atoms with Gasteiger partial charge in [0.1, 0.15) is 28.9 Å². The van der Waals surface area contributed by atoms with E-state index in [1.54, 1.807) is 44.2 Å². The topological polar surface area (TPSA) is 158 Å². The minimum atomic E-state index is -4.22. The van der Waals surface area contributed by atoms with E-state index in [9.17, 15) is 24.1 Å². The van der Waals surface area contributed by atoms with E-state index in [2.05, 4.69) is 10.1 Å². The highest BCUT2D eigenvalue weighted by molar-refractivity contribution is 7.52. The van der Waals surface area contributed by atoms with E-state index in [1.807, 2.05) is 0 Å². The summed E-state index contributed by atoms with van der Waals surface area (Å²) in [7, 11) is -4.22. The molecule has 3 rings (SSSR count). The summed E-state index contributed by atoms with van der Waals surface area (Å²) in [5.41, 5.74) is -1.40. The van der Waals surface area contributed by atoms with Gasteiger partial charge in [-0.05, 0) is 39.8 Å². The number of carbonyl (C=O) groups excluding carboxylic acids is 1. The van der Waals surface area contributed by atoms with Crippen molar-refractivity contribution < 1.29 is 33.0 Å². The quantitative estimate of drug-likeness (QED) is 0.229. The van der Waals surface area contributed by atoms with Crippen molar-refractivity contribution in [3.05, 3.63) is 63.4 Å². The normalized spacial score (nSPS) is 26.4. The molecule has 0 amide bonds. The number of nitrogens with one attached hydrogen (secondary N) is 2. The van der Waals surface area contributed by atoms with Crippen LogP contribution >= 0.6 is 19.3 Å². The Hall–Kier alpha value is -2.47. The number of aromatic nitrogens is 2. The third kappa shape index (κ3) is 6.64. The number of benzene rings is 1. The van der Waals surface area contributed by atoms with Crippen LogP contribution in [0.25, 0.3) is 0 Å². The Morgan fingerprint density at radius 3 is 2.56 bits per heavy atom. The molecule has 3 N–H and O–H groups in total. The molecule has 1 fully saturated rings. The first-order valence-electron chi connectivity index (χ1n) is 11.1. The molecule has 198 valence electrons. The highest BCUT2D eigenvalue weighted by atomic mass is 35.5. The summed E-state index contributed by atoms with van der Waals surface area (Å²) in [5.74, 6) is -0.473. The molecule has 0 spiro atoms. The van der Waals surface area contributed by atoms with Crippen LogP contribution in [0.15, 0.2) is 52.2 Å². The molecule has 0 aliphatic carbocycles. The second kappa shape index (κ2) is 11.3. The van der Waals surface area contributed by atoms with Gasteiger partial charge in [-0.15, -0.1) is 11.6 Å². The number of alkyl halides is 1. The van der Waals surface area contributed by atoms with Crippen LogP contribution in [0.1, 0.15) is 33.9 Å². The SMILES string of the molecule is CC(C)OC(=O)[C@H](C)N[P@](=O)(OC[C@H]1O[C@@H](n2ccc(=O)[nH]c2=O)[C@](C)(Cl)[C@@H]1O)Oc1ccccc1. The first-order valence-corrected chi connectivity index (χ1v) is 13.1. The molecule has 36 heavy (non-hydrogen) atoms. The Kier molecular flexibility index (Phi) is 8.81. The van der Waals surface area contributed by atoms with Gasteiger partial charge in [0.15, 0.2) is 6.23 Å². The smallest absolute Gasteiger partial charge is 0.459 e. The van der Waals surface area contributed by atoms with Crippen molar-refractivity contribution in [2.45, 2.75) is 63.2 Å². The zero-order valence-electron chi connectivity index (χ0n) is 20.1. The number of aromatic amines is 1. The van der Waals surface area contributed by atoms with Crippen LogP contribution in [0, 0.1) is 0 Å². The fourth-order valence-electron chi connectivity index (χ4n) is 3.47. The number of aliphatic hydroxyl groups excluding tert-OH is 1. The molecule has 0 bridgehead atoms. The molecule has 1 saturated heterocycles. The Morgan fingerprint density at radius 1 is 1.28 bits per heavy atom. The number of hydrogen-bond acceptors (Lipinski definition) is 9. The van der Waals surface area contributed by atoms with Crippen LogP contribution in [0.4, 0.5) is 0 Å². The number of esters is 1. The van der Waals surface area contributed by atoms with Gasteiger partial charge < -0.3 is 19.1 Å². The van der Waals surface area contributed by atoms with Gasteiger partial charge in [0, 0.05) is 12.3 Å². The van der Waals surface area contributed by atoms with Crippen LogP contribution in [-0.4, -0.2) is 56.5 Å². The highest BCUT2D eigenvalue weighted by Gasteiger charge is 2.54. The summed E-state index contributed by atoms with van der Waals surface area (Å²) >= 11 is 6.52. The minimum Gasteiger partial charge on any atom is -0.462 e. The molecule has 0 saturated carbocycles. The molecule has 6 atom stereocenters. The molecular formula is C22H29ClN3O9P. The second-order valence-electron chi connectivity index (χ2n) is 8.67. The van der Waals surface area contributed by atoms with E-state index in [-0.39, 0.29) is 5.75 Å². The van der Waals surface area contributed by atoms with E-state index in [0.717, 1.165) is 10.6 Å². The fourth-order valence-corrected chi connectivity index (χ4v) is 5.27. The summed E-state index contributed by atoms with van der Waals surface area (Å²) in [6.45, 7) is 5.75. The molecule has 14 heteroatoms. The zero-order chi connectivity index (χ0) is 26.7. The van der Waals surface area contributed by atoms with Crippen molar-refractivity contribution in [1.29, 1.82) is 0 Å². The lowest BCUT2D eigenvalue weighted by Gasteiger charge is -2.26. The average molecular weight is 546 g/mol. The third-order valence-corrected chi connectivity index (χ3v) is 7.31. The lowest BCUT2D eigenvalue weighted by molar-refractivity contribution is -0.149. The van der Waals surface area contributed by atoms with Crippen LogP contribution in [0.2, 0.25) is 0 Å². The maximum Gasteiger partial charge on any atom is 0.459 e. The summed E-state index contributed by atoms with van der Waals surface area (Å²) < 4.78 is 36.7. The van der Waals surface area contributed by atoms with Crippen molar-refractivity contribution in [2.75, 3.05) is 6.61 Å². The van der Waals surface area contributed by atoms with Gasteiger partial charge in [-0.1, -0.05) is 18.2 Å². The van der Waals surface area contributed by atoms with Gasteiger partial charge in [0.25, 0.3) is 5.56 Å². The number of ether oxygens (including phenoxy) is 2. The fraction of sp³-hybridized carbons (Fsp3) is 0.500. The van der Waals surface area contributed by atoms with Crippen LogP contribution < -0.4 is 20.9 Å². The first-order chi connectivity index (χ1) is 16.8. The molecule has 2 aromatic rings. The predicted molar refractivity (Wildman–Crippen MR) is 130 cm³/mol. The first kappa shape index (κ1) is 28.1. The van der Waals surface area contributed by atoms with Crippen molar-refractivity contribution >= 4 is 25.3 Å². The molecule has 0 unspecified atom stereocenters. The lowest BCUT2D eigenvalue weighted by Crippen LogP contribution is -2.43. The van der Waals surface area contributed by atoms with Gasteiger partial charge in [-0.3, -0.25) is 23.7 Å². The summed E-state index contributed by atoms with van der Waals surface area (Å²) in [4.78, 5) is 36.5. The molecule has 1 aromatic carbocycles. The zero-order valence-corrected chi connectivity index (χ0v) is 21.8. The Bertz CT molecular complexity index is 1220. The van der Waals surface area contributed by atoms with E-state index >= 15 is 0 Å². The van der Waals surface area contributed by atoms with Crippen molar-refractivity contribution in [3.8, 4) is 5.75 Å². The van der Waals surface area contributed by atoms with E-state index < -0.39 is 67.0 Å². The Balaban J connectivity index is 1.80. The van der Waals surface area contributed by atoms with Crippen LogP contribution in [-0.2, 0) is 23.4 Å².